The number of allylic oxidation sites excluding steroid dienone is 2. The number of hydrogen-bond donors (Lipinski definition) is 5. The van der Waals surface area contributed by atoms with Crippen LogP contribution >= 0.6 is 0 Å². The largest absolute Gasteiger partial charge is 0.508 e. The van der Waals surface area contributed by atoms with Gasteiger partial charge in [-0.1, -0.05) is 17.7 Å². The third-order valence-electron chi connectivity index (χ3n) is 4.80. The highest BCUT2D eigenvalue weighted by Gasteiger charge is 2.34. The van der Waals surface area contributed by atoms with Crippen LogP contribution in [-0.2, 0) is 6.42 Å². The Bertz CT molecular complexity index is 1080. The summed E-state index contributed by atoms with van der Waals surface area (Å²) < 4.78 is 5.87. The molecule has 158 valence electrons. The number of phenolic OH excluding ortho intramolecular Hbond substituents is 5. The van der Waals surface area contributed by atoms with Crippen LogP contribution in [0.1, 0.15) is 54.7 Å². The topological polar surface area (TPSA) is 127 Å². The van der Waals surface area contributed by atoms with Crippen molar-refractivity contribution >= 4 is 11.9 Å². The first-order chi connectivity index (χ1) is 13.9. The molecule has 1 heterocycles. The number of ether oxygens (including phenoxy) is 1. The fraction of sp³-hybridized carbons (Fsp3) is 0.261. The smallest absolute Gasteiger partial charge is 0.204 e. The van der Waals surface area contributed by atoms with Gasteiger partial charge in [-0.15, -0.1) is 0 Å². The quantitative estimate of drug-likeness (QED) is 0.377. The zero-order valence-electron chi connectivity index (χ0n) is 17.1. The van der Waals surface area contributed by atoms with Crippen molar-refractivity contribution in [3.63, 3.8) is 0 Å². The molecule has 1 aliphatic heterocycles. The summed E-state index contributed by atoms with van der Waals surface area (Å²) in [6, 6.07) is 1.83. The molecule has 1 aliphatic rings. The number of benzene rings is 2. The molecule has 5 N–H and O–H groups in total. The van der Waals surface area contributed by atoms with E-state index in [0.717, 1.165) is 17.7 Å². The molecule has 0 unspecified atom stereocenters. The Hall–Kier alpha value is -3.61. The van der Waals surface area contributed by atoms with E-state index in [0.29, 0.717) is 0 Å². The van der Waals surface area contributed by atoms with Crippen LogP contribution in [0.2, 0.25) is 0 Å². The zero-order chi connectivity index (χ0) is 22.4. The Labute approximate surface area is 173 Å². The minimum absolute atomic E-state index is 0.0264. The van der Waals surface area contributed by atoms with Gasteiger partial charge in [0.2, 0.25) is 5.78 Å². The Morgan fingerprint density at radius 1 is 1.00 bits per heavy atom. The second-order valence-corrected chi connectivity index (χ2v) is 8.01. The molecule has 0 spiro atoms. The Morgan fingerprint density at radius 2 is 1.60 bits per heavy atom. The summed E-state index contributed by atoms with van der Waals surface area (Å²) in [6.07, 6.45) is 5.12. The number of aromatic hydroxyl groups is 5. The highest BCUT2D eigenvalue weighted by Crippen LogP contribution is 2.49. The first kappa shape index (κ1) is 21.1. The van der Waals surface area contributed by atoms with E-state index in [1.165, 1.54) is 0 Å². The number of ketones is 1. The third-order valence-corrected chi connectivity index (χ3v) is 4.80. The fourth-order valence-corrected chi connectivity index (χ4v) is 3.30. The number of rotatable bonds is 4. The van der Waals surface area contributed by atoms with Crippen molar-refractivity contribution in [2.24, 2.45) is 0 Å². The van der Waals surface area contributed by atoms with Gasteiger partial charge in [-0.2, -0.15) is 0 Å². The lowest BCUT2D eigenvalue weighted by Crippen LogP contribution is -2.28. The van der Waals surface area contributed by atoms with Crippen LogP contribution in [0.15, 0.2) is 29.9 Å². The number of carbonyl (C=O) groups is 1. The molecular weight excluding hydrogens is 388 g/mol. The number of carbonyl (C=O) groups excluding carboxylic acids is 1. The number of fused-ring (bicyclic) bond motifs is 1. The molecule has 7 nitrogen and oxygen atoms in total. The van der Waals surface area contributed by atoms with E-state index >= 15 is 0 Å². The molecule has 3 rings (SSSR count). The van der Waals surface area contributed by atoms with Gasteiger partial charge in [0.15, 0.2) is 11.5 Å². The lowest BCUT2D eigenvalue weighted by molar-refractivity contribution is 0.102. The predicted molar refractivity (Wildman–Crippen MR) is 112 cm³/mol. The highest BCUT2D eigenvalue weighted by molar-refractivity contribution is 6.17. The number of phenols is 5. The molecule has 0 amide bonds. The second-order valence-electron chi connectivity index (χ2n) is 8.01. The molecule has 2 aromatic carbocycles. The Morgan fingerprint density at radius 3 is 2.17 bits per heavy atom. The van der Waals surface area contributed by atoms with Crippen molar-refractivity contribution in [3.8, 4) is 34.5 Å². The summed E-state index contributed by atoms with van der Waals surface area (Å²) in [4.78, 5) is 13.3. The molecule has 0 saturated carbocycles. The van der Waals surface area contributed by atoms with Crippen LogP contribution < -0.4 is 4.74 Å². The van der Waals surface area contributed by atoms with Crippen molar-refractivity contribution in [3.05, 3.63) is 52.1 Å². The highest BCUT2D eigenvalue weighted by atomic mass is 16.5. The third kappa shape index (κ3) is 3.66. The van der Waals surface area contributed by atoms with Gasteiger partial charge in [0, 0.05) is 23.3 Å². The summed E-state index contributed by atoms with van der Waals surface area (Å²) in [5.41, 5.74) is -0.331. The van der Waals surface area contributed by atoms with Crippen molar-refractivity contribution < 1.29 is 35.1 Å². The average molecular weight is 412 g/mol. The monoisotopic (exact) mass is 412 g/mol. The molecule has 0 aliphatic carbocycles. The SMILES string of the molecule is CC(C)=CCc1c(O)c2c(c(C(=O)c3c(O)cc(O)cc3O)c1O)C=CC(C)(C)O2. The van der Waals surface area contributed by atoms with Gasteiger partial charge >= 0.3 is 0 Å². The minimum Gasteiger partial charge on any atom is -0.508 e. The van der Waals surface area contributed by atoms with E-state index in [1.54, 1.807) is 32.1 Å². The van der Waals surface area contributed by atoms with Gasteiger partial charge in [-0.25, -0.2) is 0 Å². The molecule has 7 heteroatoms. The van der Waals surface area contributed by atoms with E-state index in [9.17, 15) is 30.3 Å². The normalized spacial score (nSPS) is 14.0. The van der Waals surface area contributed by atoms with Gasteiger partial charge in [0.1, 0.15) is 34.2 Å². The Balaban J connectivity index is 2.32. The predicted octanol–water partition coefficient (Wildman–Crippen LogP) is 4.14. The summed E-state index contributed by atoms with van der Waals surface area (Å²) in [6.45, 7) is 7.25. The molecule has 30 heavy (non-hydrogen) atoms. The van der Waals surface area contributed by atoms with E-state index in [2.05, 4.69) is 0 Å². The summed E-state index contributed by atoms with van der Waals surface area (Å²) in [5.74, 6) is -3.34. The minimum atomic E-state index is -0.884. The van der Waals surface area contributed by atoms with Gasteiger partial charge in [-0.3, -0.25) is 4.79 Å². The molecule has 0 radical (unpaired) electrons. The lowest BCUT2D eigenvalue weighted by Gasteiger charge is -2.30. The summed E-state index contributed by atoms with van der Waals surface area (Å²) in [7, 11) is 0. The van der Waals surface area contributed by atoms with Crippen molar-refractivity contribution in [2.75, 3.05) is 0 Å². The maximum Gasteiger partial charge on any atom is 0.204 e. The molecule has 0 atom stereocenters. The average Bonchev–Trinajstić information content (AvgIpc) is 2.60. The molecule has 2 aromatic rings. The van der Waals surface area contributed by atoms with Gasteiger partial charge < -0.3 is 30.3 Å². The Kier molecular flexibility index (Phi) is 5.16. The summed E-state index contributed by atoms with van der Waals surface area (Å²) in [5, 5.41) is 51.5. The second kappa shape index (κ2) is 7.33. The van der Waals surface area contributed by atoms with Crippen molar-refractivity contribution in [1.29, 1.82) is 0 Å². The van der Waals surface area contributed by atoms with Gasteiger partial charge in [-0.05, 0) is 40.2 Å². The zero-order valence-corrected chi connectivity index (χ0v) is 17.1. The fourth-order valence-electron chi connectivity index (χ4n) is 3.30. The molecule has 0 saturated heterocycles. The lowest BCUT2D eigenvalue weighted by atomic mass is 9.89. The van der Waals surface area contributed by atoms with Crippen molar-refractivity contribution in [1.82, 2.24) is 0 Å². The molecule has 0 fully saturated rings. The first-order valence-electron chi connectivity index (χ1n) is 9.35. The van der Waals surface area contributed by atoms with E-state index in [-0.39, 0.29) is 34.6 Å². The maximum absolute atomic E-state index is 13.3. The van der Waals surface area contributed by atoms with Crippen LogP contribution in [-0.4, -0.2) is 36.9 Å². The maximum atomic E-state index is 13.3. The van der Waals surface area contributed by atoms with Gasteiger partial charge in [0.25, 0.3) is 0 Å². The van der Waals surface area contributed by atoms with Crippen LogP contribution in [0, 0.1) is 0 Å². The van der Waals surface area contributed by atoms with Gasteiger partial charge in [0.05, 0.1) is 5.56 Å². The molecule has 0 bridgehead atoms. The van der Waals surface area contributed by atoms with E-state index < -0.39 is 39.9 Å². The molecule has 0 aromatic heterocycles. The van der Waals surface area contributed by atoms with E-state index in [4.69, 9.17) is 4.74 Å². The number of hydrogen-bond acceptors (Lipinski definition) is 7. The first-order valence-corrected chi connectivity index (χ1v) is 9.35. The standard InChI is InChI=1S/C23H24O7/c1-11(2)5-6-14-19(27)17(13-7-8-23(3,4)30-22(13)20(14)28)21(29)18-15(25)9-12(24)10-16(18)26/h5,7-10,24-28H,6H2,1-4H3. The van der Waals surface area contributed by atoms with Crippen LogP contribution in [0.3, 0.4) is 0 Å². The van der Waals surface area contributed by atoms with Crippen LogP contribution in [0.5, 0.6) is 34.5 Å². The van der Waals surface area contributed by atoms with Crippen LogP contribution in [0.25, 0.3) is 6.08 Å². The van der Waals surface area contributed by atoms with Crippen molar-refractivity contribution in [2.45, 2.75) is 39.7 Å². The van der Waals surface area contributed by atoms with Crippen LogP contribution in [0.4, 0.5) is 0 Å². The summed E-state index contributed by atoms with van der Waals surface area (Å²) >= 11 is 0. The molecular formula is C23H24O7. The van der Waals surface area contributed by atoms with E-state index in [1.807, 2.05) is 13.8 Å².